The van der Waals surface area contributed by atoms with Crippen LogP contribution in [0.3, 0.4) is 0 Å². The van der Waals surface area contributed by atoms with Crippen LogP contribution < -0.4 is 19.5 Å². The fourth-order valence-corrected chi connectivity index (χ4v) is 1.83. The highest BCUT2D eigenvalue weighted by Crippen LogP contribution is 2.24. The molecule has 0 aromatic heterocycles. The summed E-state index contributed by atoms with van der Waals surface area (Å²) in [5, 5.41) is 11.0. The number of hydrogen-bond donors (Lipinski definition) is 1. The topological polar surface area (TPSA) is 63.0 Å². The summed E-state index contributed by atoms with van der Waals surface area (Å²) in [4.78, 5) is 12.4. The molecule has 0 aliphatic rings. The minimum Gasteiger partial charge on any atom is -0.545 e. The van der Waals surface area contributed by atoms with Crippen molar-refractivity contribution in [2.24, 2.45) is 0 Å². The number of carbonyl (C=O) groups is 1. The molecular weight excluding hydrogens is 246 g/mol. The van der Waals surface area contributed by atoms with Crippen LogP contribution in [0.1, 0.15) is 24.2 Å². The molecule has 0 bridgehead atoms. The molecule has 0 saturated carbocycles. The number of rotatable bonds is 8. The van der Waals surface area contributed by atoms with E-state index in [1.54, 1.807) is 12.1 Å². The van der Waals surface area contributed by atoms with Gasteiger partial charge in [0.1, 0.15) is 24.7 Å². The Kier molecular flexibility index (Phi) is 6.15. The molecule has 106 valence electrons. The Morgan fingerprint density at radius 2 is 2.00 bits per heavy atom. The van der Waals surface area contributed by atoms with Gasteiger partial charge in [0.05, 0.1) is 26.2 Å². The van der Waals surface area contributed by atoms with Gasteiger partial charge < -0.3 is 24.3 Å². The van der Waals surface area contributed by atoms with Crippen molar-refractivity contribution in [2.75, 3.05) is 33.4 Å². The quantitative estimate of drug-likeness (QED) is 0.681. The summed E-state index contributed by atoms with van der Waals surface area (Å²) in [6.07, 6.45) is 0. The number of carboxylic acids is 1. The third kappa shape index (κ3) is 4.44. The van der Waals surface area contributed by atoms with Crippen LogP contribution >= 0.6 is 0 Å². The Morgan fingerprint density at radius 3 is 2.53 bits per heavy atom. The van der Waals surface area contributed by atoms with Gasteiger partial charge in [-0.3, -0.25) is 0 Å². The highest BCUT2D eigenvalue weighted by atomic mass is 16.5. The zero-order chi connectivity index (χ0) is 14.3. The minimum atomic E-state index is -1.24. The second-order valence-electron chi connectivity index (χ2n) is 4.21. The summed E-state index contributed by atoms with van der Waals surface area (Å²) >= 11 is 0. The zero-order valence-electron chi connectivity index (χ0n) is 11.7. The molecule has 0 heterocycles. The number of methoxy groups -OCH3 is 1. The van der Waals surface area contributed by atoms with Crippen LogP contribution in [0.25, 0.3) is 0 Å². The maximum Gasteiger partial charge on any atom is 0.137 e. The van der Waals surface area contributed by atoms with E-state index in [4.69, 9.17) is 9.47 Å². The molecule has 1 N–H and O–H groups in total. The van der Waals surface area contributed by atoms with E-state index in [2.05, 4.69) is 13.8 Å². The summed E-state index contributed by atoms with van der Waals surface area (Å²) in [6, 6.07) is 4.59. The van der Waals surface area contributed by atoms with E-state index >= 15 is 0 Å². The van der Waals surface area contributed by atoms with E-state index in [0.717, 1.165) is 19.6 Å². The van der Waals surface area contributed by atoms with E-state index in [1.165, 1.54) is 18.1 Å². The molecule has 1 aromatic carbocycles. The van der Waals surface area contributed by atoms with E-state index < -0.39 is 5.97 Å². The monoisotopic (exact) mass is 267 g/mol. The average molecular weight is 267 g/mol. The molecule has 0 spiro atoms. The highest BCUT2D eigenvalue weighted by molar-refractivity contribution is 5.89. The van der Waals surface area contributed by atoms with Crippen molar-refractivity contribution in [3.8, 4) is 11.5 Å². The molecule has 1 rings (SSSR count). The second-order valence-corrected chi connectivity index (χ2v) is 4.21. The Morgan fingerprint density at radius 1 is 1.32 bits per heavy atom. The van der Waals surface area contributed by atoms with E-state index in [-0.39, 0.29) is 5.56 Å². The number of ether oxygens (including phenoxy) is 2. The van der Waals surface area contributed by atoms with Gasteiger partial charge >= 0.3 is 0 Å². The van der Waals surface area contributed by atoms with Gasteiger partial charge in [-0.15, -0.1) is 0 Å². The van der Waals surface area contributed by atoms with Gasteiger partial charge in [0.2, 0.25) is 0 Å². The van der Waals surface area contributed by atoms with Crippen molar-refractivity contribution in [3.63, 3.8) is 0 Å². The maximum absolute atomic E-state index is 11.0. The van der Waals surface area contributed by atoms with Crippen molar-refractivity contribution in [1.82, 2.24) is 0 Å². The summed E-state index contributed by atoms with van der Waals surface area (Å²) in [7, 11) is 1.53. The SMILES string of the molecule is CC[NH+](CC)CCOc1cc(OC)ccc1C(=O)[O-]. The number of benzene rings is 1. The normalized spacial score (nSPS) is 10.5. The van der Waals surface area contributed by atoms with Gasteiger partial charge in [0, 0.05) is 11.6 Å². The molecule has 0 aliphatic heterocycles. The maximum atomic E-state index is 11.0. The summed E-state index contributed by atoms with van der Waals surface area (Å²) in [5.41, 5.74) is 0.0512. The molecule has 1 aromatic rings. The first-order valence-electron chi connectivity index (χ1n) is 6.48. The van der Waals surface area contributed by atoms with E-state index in [1.807, 2.05) is 0 Å². The first kappa shape index (κ1) is 15.3. The summed E-state index contributed by atoms with van der Waals surface area (Å²) in [5.74, 6) is -0.381. The van der Waals surface area contributed by atoms with Crippen LogP contribution in [0.5, 0.6) is 11.5 Å². The first-order valence-corrected chi connectivity index (χ1v) is 6.48. The largest absolute Gasteiger partial charge is 0.545 e. The number of carboxylic acid groups (broad SMARTS) is 1. The van der Waals surface area contributed by atoms with Crippen LogP contribution in [0, 0.1) is 0 Å². The Bertz CT molecular complexity index is 416. The average Bonchev–Trinajstić information content (AvgIpc) is 2.43. The van der Waals surface area contributed by atoms with Crippen molar-refractivity contribution >= 4 is 5.97 Å². The molecular formula is C14H21NO4. The van der Waals surface area contributed by atoms with Crippen LogP contribution in [0.4, 0.5) is 0 Å². The lowest BCUT2D eigenvalue weighted by Crippen LogP contribution is -3.12. The lowest BCUT2D eigenvalue weighted by Gasteiger charge is -2.17. The number of likely N-dealkylation sites (N-methyl/N-ethyl adjacent to an activating group) is 1. The van der Waals surface area contributed by atoms with Gasteiger partial charge in [-0.25, -0.2) is 0 Å². The third-order valence-corrected chi connectivity index (χ3v) is 3.12. The van der Waals surface area contributed by atoms with E-state index in [0.29, 0.717) is 18.1 Å². The van der Waals surface area contributed by atoms with Crippen molar-refractivity contribution in [1.29, 1.82) is 0 Å². The Labute approximate surface area is 113 Å². The second kappa shape index (κ2) is 7.63. The smallest absolute Gasteiger partial charge is 0.137 e. The molecule has 19 heavy (non-hydrogen) atoms. The van der Waals surface area contributed by atoms with Crippen LogP contribution in [0.2, 0.25) is 0 Å². The Hall–Kier alpha value is -1.75. The van der Waals surface area contributed by atoms with Gasteiger partial charge in [-0.05, 0) is 26.0 Å². The summed E-state index contributed by atoms with van der Waals surface area (Å²) in [6.45, 7) is 7.55. The number of hydrogen-bond acceptors (Lipinski definition) is 4. The van der Waals surface area contributed by atoms with Crippen LogP contribution in [0.15, 0.2) is 18.2 Å². The minimum absolute atomic E-state index is 0.0512. The van der Waals surface area contributed by atoms with Gasteiger partial charge in [0.25, 0.3) is 0 Å². The van der Waals surface area contributed by atoms with Crippen molar-refractivity contribution in [2.45, 2.75) is 13.8 Å². The van der Waals surface area contributed by atoms with Crippen LogP contribution in [-0.4, -0.2) is 39.3 Å². The molecule has 5 nitrogen and oxygen atoms in total. The standard InChI is InChI=1S/C14H21NO4/c1-4-15(5-2)8-9-19-13-10-11(18-3)6-7-12(13)14(16)17/h6-7,10H,4-5,8-9H2,1-3H3,(H,16,17). The van der Waals surface area contributed by atoms with Gasteiger partial charge in [-0.2, -0.15) is 0 Å². The Balaban J connectivity index is 2.72. The fraction of sp³-hybridized carbons (Fsp3) is 0.500. The predicted molar refractivity (Wildman–Crippen MR) is 69.7 cm³/mol. The molecule has 0 saturated heterocycles. The molecule has 0 atom stereocenters. The number of carbonyl (C=O) groups excluding carboxylic acids is 1. The molecule has 0 amide bonds. The predicted octanol–water partition coefficient (Wildman–Crippen LogP) is -0.638. The van der Waals surface area contributed by atoms with Gasteiger partial charge in [-0.1, -0.05) is 0 Å². The lowest BCUT2D eigenvalue weighted by atomic mass is 10.2. The molecule has 0 radical (unpaired) electrons. The van der Waals surface area contributed by atoms with Crippen LogP contribution in [-0.2, 0) is 0 Å². The third-order valence-electron chi connectivity index (χ3n) is 3.12. The lowest BCUT2D eigenvalue weighted by molar-refractivity contribution is -0.896. The molecule has 0 fully saturated rings. The molecule has 5 heteroatoms. The van der Waals surface area contributed by atoms with Gasteiger partial charge in [0.15, 0.2) is 0 Å². The molecule has 0 aliphatic carbocycles. The number of nitrogens with one attached hydrogen (secondary N) is 1. The van der Waals surface area contributed by atoms with E-state index in [9.17, 15) is 9.90 Å². The molecule has 0 unspecified atom stereocenters. The van der Waals surface area contributed by atoms with Crippen molar-refractivity contribution < 1.29 is 24.3 Å². The highest BCUT2D eigenvalue weighted by Gasteiger charge is 2.08. The zero-order valence-corrected chi connectivity index (χ0v) is 11.7. The number of quaternary nitrogens is 1. The number of aromatic carboxylic acids is 1. The van der Waals surface area contributed by atoms with Crippen molar-refractivity contribution in [3.05, 3.63) is 23.8 Å². The summed E-state index contributed by atoms with van der Waals surface area (Å²) < 4.78 is 10.6. The first-order chi connectivity index (χ1) is 9.12. The fourth-order valence-electron chi connectivity index (χ4n) is 1.83.